The van der Waals surface area contributed by atoms with E-state index < -0.39 is 0 Å². The Kier molecular flexibility index (Phi) is 4.19. The lowest BCUT2D eigenvalue weighted by molar-refractivity contribution is -0.116. The van der Waals surface area contributed by atoms with Gasteiger partial charge in [-0.25, -0.2) is 0 Å². The maximum absolute atomic E-state index is 11.6. The summed E-state index contributed by atoms with van der Waals surface area (Å²) in [5.74, 6) is 2.28. The van der Waals surface area contributed by atoms with Gasteiger partial charge in [-0.15, -0.1) is 29.4 Å². The molecular formula is C11H12ClNOS. The van der Waals surface area contributed by atoms with Gasteiger partial charge in [-0.2, -0.15) is 0 Å². The van der Waals surface area contributed by atoms with Crippen LogP contribution in [0, 0.1) is 26.2 Å². The van der Waals surface area contributed by atoms with Crippen molar-refractivity contribution in [1.82, 2.24) is 0 Å². The Morgan fingerprint density at radius 1 is 1.67 bits per heavy atom. The molecular weight excluding hydrogens is 230 g/mol. The van der Waals surface area contributed by atoms with E-state index in [2.05, 4.69) is 5.92 Å². The van der Waals surface area contributed by atoms with Crippen molar-refractivity contribution >= 4 is 34.5 Å². The first kappa shape index (κ1) is 12.1. The molecule has 4 heteroatoms. The van der Waals surface area contributed by atoms with Crippen LogP contribution in [0.1, 0.15) is 10.4 Å². The molecule has 0 radical (unpaired) electrons. The highest BCUT2D eigenvalue weighted by atomic mass is 35.5. The van der Waals surface area contributed by atoms with Crippen molar-refractivity contribution in [1.29, 1.82) is 0 Å². The number of hydrogen-bond donors (Lipinski definition) is 0. The fourth-order valence-corrected chi connectivity index (χ4v) is 2.42. The normalized spacial score (nSPS) is 9.73. The Hall–Kier alpha value is -0.980. The fraction of sp³-hybridized carbons (Fsp3) is 0.364. The first-order valence-corrected chi connectivity index (χ1v) is 5.87. The molecule has 2 nitrogen and oxygen atoms in total. The molecule has 0 bridgehead atoms. The number of carbonyl (C=O) groups excluding carboxylic acids is 1. The topological polar surface area (TPSA) is 20.3 Å². The third kappa shape index (κ3) is 2.53. The smallest absolute Gasteiger partial charge is 0.242 e. The zero-order valence-corrected chi connectivity index (χ0v) is 10.3. The molecule has 0 spiro atoms. The van der Waals surface area contributed by atoms with E-state index in [0.717, 1.165) is 16.1 Å². The molecule has 1 amide bonds. The van der Waals surface area contributed by atoms with E-state index in [4.69, 9.17) is 18.0 Å². The standard InChI is InChI=1S/C11H12ClNOS/c1-4-5-13(10(14)6-12)11-8(2)7-15-9(11)3/h1,7H,5-6H2,2-3H3. The van der Waals surface area contributed by atoms with Crippen molar-refractivity contribution in [2.75, 3.05) is 17.3 Å². The molecule has 1 rings (SSSR count). The van der Waals surface area contributed by atoms with Crippen LogP contribution in [0.25, 0.3) is 0 Å². The molecule has 15 heavy (non-hydrogen) atoms. The molecule has 80 valence electrons. The Balaban J connectivity index is 3.10. The van der Waals surface area contributed by atoms with Gasteiger partial charge in [-0.3, -0.25) is 9.69 Å². The number of carbonyl (C=O) groups is 1. The predicted octanol–water partition coefficient (Wildman–Crippen LogP) is 2.57. The Bertz CT molecular complexity index is 386. The van der Waals surface area contributed by atoms with E-state index >= 15 is 0 Å². The Morgan fingerprint density at radius 2 is 2.33 bits per heavy atom. The number of halogens is 1. The van der Waals surface area contributed by atoms with Crippen LogP contribution in [-0.4, -0.2) is 18.3 Å². The monoisotopic (exact) mass is 241 g/mol. The molecule has 0 saturated carbocycles. The lowest BCUT2D eigenvalue weighted by Crippen LogP contribution is -2.32. The second-order valence-electron chi connectivity index (χ2n) is 3.14. The highest BCUT2D eigenvalue weighted by Gasteiger charge is 2.18. The van der Waals surface area contributed by atoms with Crippen molar-refractivity contribution in [2.24, 2.45) is 0 Å². The summed E-state index contributed by atoms with van der Waals surface area (Å²) in [5.41, 5.74) is 1.97. The molecule has 0 N–H and O–H groups in total. The highest BCUT2D eigenvalue weighted by Crippen LogP contribution is 2.30. The lowest BCUT2D eigenvalue weighted by atomic mass is 10.2. The number of hydrogen-bond acceptors (Lipinski definition) is 2. The van der Waals surface area contributed by atoms with Gasteiger partial charge in [0.1, 0.15) is 5.88 Å². The molecule has 0 unspecified atom stereocenters. The maximum Gasteiger partial charge on any atom is 0.242 e. The Labute approximate surface area is 98.9 Å². The number of alkyl halides is 1. The zero-order chi connectivity index (χ0) is 11.4. The minimum Gasteiger partial charge on any atom is -0.298 e. The highest BCUT2D eigenvalue weighted by molar-refractivity contribution is 7.10. The first-order valence-electron chi connectivity index (χ1n) is 4.46. The summed E-state index contributed by atoms with van der Waals surface area (Å²) in [5, 5.41) is 2.01. The van der Waals surface area contributed by atoms with Gasteiger partial charge in [0.05, 0.1) is 12.2 Å². The molecule has 1 aromatic heterocycles. The van der Waals surface area contributed by atoms with E-state index in [1.807, 2.05) is 19.2 Å². The first-order chi connectivity index (χ1) is 7.11. The van der Waals surface area contributed by atoms with E-state index in [1.165, 1.54) is 0 Å². The average Bonchev–Trinajstić information content (AvgIpc) is 2.55. The van der Waals surface area contributed by atoms with Crippen LogP contribution in [0.2, 0.25) is 0 Å². The number of rotatable bonds is 3. The number of thiophene rings is 1. The lowest BCUT2D eigenvalue weighted by Gasteiger charge is -2.20. The minimum absolute atomic E-state index is 0.0452. The molecule has 0 aliphatic rings. The number of terminal acetylenes is 1. The molecule has 0 aliphatic heterocycles. The van der Waals surface area contributed by atoms with Crippen molar-refractivity contribution in [3.05, 3.63) is 15.8 Å². The summed E-state index contributed by atoms with van der Waals surface area (Å²) in [6.45, 7) is 4.20. The van der Waals surface area contributed by atoms with Gasteiger partial charge >= 0.3 is 0 Å². The number of anilines is 1. The molecule has 0 aromatic carbocycles. The second-order valence-corrected chi connectivity index (χ2v) is 4.49. The van der Waals surface area contributed by atoms with Gasteiger partial charge in [-0.05, 0) is 24.8 Å². The van der Waals surface area contributed by atoms with E-state index in [-0.39, 0.29) is 18.3 Å². The van der Waals surface area contributed by atoms with Crippen LogP contribution < -0.4 is 4.90 Å². The van der Waals surface area contributed by atoms with Gasteiger partial charge in [0.15, 0.2) is 0 Å². The largest absolute Gasteiger partial charge is 0.298 e. The molecule has 0 saturated heterocycles. The zero-order valence-electron chi connectivity index (χ0n) is 8.71. The van der Waals surface area contributed by atoms with Crippen LogP contribution in [0.3, 0.4) is 0 Å². The van der Waals surface area contributed by atoms with E-state index in [1.54, 1.807) is 16.2 Å². The SMILES string of the molecule is C#CCN(C(=O)CCl)c1c(C)csc1C. The minimum atomic E-state index is -0.154. The van der Waals surface area contributed by atoms with Crippen molar-refractivity contribution in [3.8, 4) is 12.3 Å². The van der Waals surface area contributed by atoms with Gasteiger partial charge < -0.3 is 0 Å². The third-order valence-electron chi connectivity index (χ3n) is 2.05. The van der Waals surface area contributed by atoms with Crippen LogP contribution in [0.5, 0.6) is 0 Å². The summed E-state index contributed by atoms with van der Waals surface area (Å²) in [6, 6.07) is 0. The summed E-state index contributed by atoms with van der Waals surface area (Å²) < 4.78 is 0. The molecule has 0 aliphatic carbocycles. The number of amides is 1. The van der Waals surface area contributed by atoms with Crippen LogP contribution in [0.15, 0.2) is 5.38 Å². The summed E-state index contributed by atoms with van der Waals surface area (Å²) >= 11 is 7.16. The summed E-state index contributed by atoms with van der Waals surface area (Å²) in [7, 11) is 0. The van der Waals surface area contributed by atoms with E-state index in [9.17, 15) is 4.79 Å². The van der Waals surface area contributed by atoms with Crippen LogP contribution in [-0.2, 0) is 4.79 Å². The molecule has 1 aromatic rings. The number of aryl methyl sites for hydroxylation is 2. The van der Waals surface area contributed by atoms with Gasteiger partial charge in [0.25, 0.3) is 0 Å². The fourth-order valence-electron chi connectivity index (χ4n) is 1.42. The average molecular weight is 242 g/mol. The van der Waals surface area contributed by atoms with Crippen LogP contribution >= 0.6 is 22.9 Å². The Morgan fingerprint density at radius 3 is 2.73 bits per heavy atom. The summed E-state index contributed by atoms with van der Waals surface area (Å²) in [6.07, 6.45) is 5.24. The molecule has 0 atom stereocenters. The summed E-state index contributed by atoms with van der Waals surface area (Å²) in [4.78, 5) is 14.3. The van der Waals surface area contributed by atoms with Crippen LogP contribution in [0.4, 0.5) is 5.69 Å². The van der Waals surface area contributed by atoms with Gasteiger partial charge in [-0.1, -0.05) is 5.92 Å². The molecule has 0 fully saturated rings. The second kappa shape index (κ2) is 5.20. The van der Waals surface area contributed by atoms with Crippen molar-refractivity contribution in [3.63, 3.8) is 0 Å². The predicted molar refractivity (Wildman–Crippen MR) is 65.7 cm³/mol. The van der Waals surface area contributed by atoms with Gasteiger partial charge in [0.2, 0.25) is 5.91 Å². The van der Waals surface area contributed by atoms with Crippen molar-refractivity contribution in [2.45, 2.75) is 13.8 Å². The van der Waals surface area contributed by atoms with Gasteiger partial charge in [0, 0.05) is 4.88 Å². The molecule has 1 heterocycles. The third-order valence-corrected chi connectivity index (χ3v) is 3.30. The number of nitrogens with zero attached hydrogens (tertiary/aromatic N) is 1. The van der Waals surface area contributed by atoms with Crippen molar-refractivity contribution < 1.29 is 4.79 Å². The maximum atomic E-state index is 11.6. The quantitative estimate of drug-likeness (QED) is 0.588. The van der Waals surface area contributed by atoms with E-state index in [0.29, 0.717) is 0 Å².